The molecule has 1 amide bonds. The summed E-state index contributed by atoms with van der Waals surface area (Å²) in [4.78, 5) is 33.7. The van der Waals surface area contributed by atoms with E-state index in [4.69, 9.17) is 4.74 Å². The van der Waals surface area contributed by atoms with Crippen molar-refractivity contribution in [2.75, 3.05) is 6.54 Å². The summed E-state index contributed by atoms with van der Waals surface area (Å²) < 4.78 is 5.52. The molecular formula is C13H15BrN2O5. The van der Waals surface area contributed by atoms with E-state index in [0.29, 0.717) is 4.47 Å². The highest BCUT2D eigenvalue weighted by molar-refractivity contribution is 9.10. The van der Waals surface area contributed by atoms with E-state index in [1.807, 2.05) is 0 Å². The number of halogens is 1. The third-order valence-corrected chi connectivity index (χ3v) is 2.74. The number of hydrogen-bond acceptors (Lipinski definition) is 5. The first-order chi connectivity index (χ1) is 9.60. The standard InChI is InChI=1S/C13H15BrN2O5/c1-13(2,3)21-12(18)15-7-11(17)9-6-8(14)4-5-10(9)16(19)20/h4-6H,7H2,1-3H3,(H,15,18). The first-order valence-corrected chi connectivity index (χ1v) is 6.83. The molecule has 0 radical (unpaired) electrons. The molecule has 1 aromatic rings. The van der Waals surface area contributed by atoms with E-state index in [1.165, 1.54) is 18.2 Å². The van der Waals surface area contributed by atoms with Gasteiger partial charge in [-0.15, -0.1) is 0 Å². The minimum Gasteiger partial charge on any atom is -0.444 e. The number of nitrogens with zero attached hydrogens (tertiary/aromatic N) is 1. The van der Waals surface area contributed by atoms with Crippen LogP contribution < -0.4 is 5.32 Å². The number of rotatable bonds is 4. The fourth-order valence-electron chi connectivity index (χ4n) is 1.45. The lowest BCUT2D eigenvalue weighted by Gasteiger charge is -2.19. The number of alkyl carbamates (subject to hydrolysis) is 1. The van der Waals surface area contributed by atoms with E-state index in [9.17, 15) is 19.7 Å². The maximum atomic E-state index is 12.0. The Hall–Kier alpha value is -1.96. The van der Waals surface area contributed by atoms with Crippen LogP contribution in [0.25, 0.3) is 0 Å². The quantitative estimate of drug-likeness (QED) is 0.506. The zero-order chi connectivity index (χ0) is 16.2. The second-order valence-electron chi connectivity index (χ2n) is 5.20. The van der Waals surface area contributed by atoms with E-state index in [1.54, 1.807) is 20.8 Å². The van der Waals surface area contributed by atoms with Crippen LogP contribution in [0.15, 0.2) is 22.7 Å². The average Bonchev–Trinajstić information content (AvgIpc) is 2.33. The Bertz CT molecular complexity index is 580. The van der Waals surface area contributed by atoms with Gasteiger partial charge in [-0.3, -0.25) is 14.9 Å². The van der Waals surface area contributed by atoms with Gasteiger partial charge in [0.15, 0.2) is 5.78 Å². The van der Waals surface area contributed by atoms with Crippen LogP contribution in [0.2, 0.25) is 0 Å². The molecule has 0 aliphatic carbocycles. The molecule has 0 saturated heterocycles. The van der Waals surface area contributed by atoms with Crippen LogP contribution in [-0.2, 0) is 4.74 Å². The minimum atomic E-state index is -0.756. The Balaban J connectivity index is 2.79. The zero-order valence-electron chi connectivity index (χ0n) is 11.8. The smallest absolute Gasteiger partial charge is 0.408 e. The third-order valence-electron chi connectivity index (χ3n) is 2.25. The van der Waals surface area contributed by atoms with Gasteiger partial charge in [0.2, 0.25) is 0 Å². The van der Waals surface area contributed by atoms with Gasteiger partial charge in [0.1, 0.15) is 5.60 Å². The molecule has 1 rings (SSSR count). The zero-order valence-corrected chi connectivity index (χ0v) is 13.4. The van der Waals surface area contributed by atoms with Crippen molar-refractivity contribution in [1.29, 1.82) is 0 Å². The Morgan fingerprint density at radius 3 is 2.52 bits per heavy atom. The number of amides is 1. The Kier molecular flexibility index (Phi) is 5.42. The number of ether oxygens (including phenoxy) is 1. The molecule has 114 valence electrons. The number of Topliss-reactive ketones (excluding diaryl/α,β-unsaturated/α-hetero) is 1. The summed E-state index contributed by atoms with van der Waals surface area (Å²) in [5, 5.41) is 13.2. The second-order valence-corrected chi connectivity index (χ2v) is 6.11. The predicted molar refractivity (Wildman–Crippen MR) is 79.4 cm³/mol. The SMILES string of the molecule is CC(C)(C)OC(=O)NCC(=O)c1cc(Br)ccc1[N+](=O)[O-]. The molecule has 0 bridgehead atoms. The fourth-order valence-corrected chi connectivity index (χ4v) is 1.81. The van der Waals surface area contributed by atoms with Crippen molar-refractivity contribution in [3.8, 4) is 0 Å². The van der Waals surface area contributed by atoms with Gasteiger partial charge in [-0.05, 0) is 32.9 Å². The molecule has 1 N–H and O–H groups in total. The van der Waals surface area contributed by atoms with Gasteiger partial charge in [0.25, 0.3) is 5.69 Å². The number of benzene rings is 1. The number of nitrogens with one attached hydrogen (secondary N) is 1. The molecule has 0 aliphatic rings. The van der Waals surface area contributed by atoms with Gasteiger partial charge >= 0.3 is 6.09 Å². The molecule has 0 heterocycles. The number of carbonyl (C=O) groups excluding carboxylic acids is 2. The van der Waals surface area contributed by atoms with Crippen LogP contribution in [0.3, 0.4) is 0 Å². The molecule has 7 nitrogen and oxygen atoms in total. The number of carbonyl (C=O) groups is 2. The first kappa shape index (κ1) is 17.1. The third kappa shape index (κ3) is 5.50. The molecule has 21 heavy (non-hydrogen) atoms. The molecule has 0 unspecified atom stereocenters. The van der Waals surface area contributed by atoms with E-state index in [2.05, 4.69) is 21.2 Å². The molecule has 0 atom stereocenters. The average molecular weight is 359 g/mol. The van der Waals surface area contributed by atoms with Gasteiger partial charge < -0.3 is 10.1 Å². The van der Waals surface area contributed by atoms with E-state index in [-0.39, 0.29) is 17.8 Å². The Morgan fingerprint density at radius 2 is 2.00 bits per heavy atom. The molecule has 8 heteroatoms. The van der Waals surface area contributed by atoms with Gasteiger partial charge in [-0.2, -0.15) is 0 Å². The van der Waals surface area contributed by atoms with E-state index >= 15 is 0 Å². The summed E-state index contributed by atoms with van der Waals surface area (Å²) >= 11 is 3.15. The molecular weight excluding hydrogens is 344 g/mol. The number of nitro benzene ring substituents is 1. The summed E-state index contributed by atoms with van der Waals surface area (Å²) in [5.74, 6) is -0.575. The largest absolute Gasteiger partial charge is 0.444 e. The summed E-state index contributed by atoms with van der Waals surface area (Å²) in [6, 6.07) is 4.04. The summed E-state index contributed by atoms with van der Waals surface area (Å²) in [6.07, 6.45) is -0.756. The summed E-state index contributed by atoms with van der Waals surface area (Å²) in [5.41, 5.74) is -1.07. The number of nitro groups is 1. The topological polar surface area (TPSA) is 98.5 Å². The lowest BCUT2D eigenvalue weighted by Crippen LogP contribution is -2.35. The van der Waals surface area contributed by atoms with Crippen LogP contribution in [0.1, 0.15) is 31.1 Å². The summed E-state index contributed by atoms with van der Waals surface area (Å²) in [7, 11) is 0. The number of hydrogen-bond donors (Lipinski definition) is 1. The van der Waals surface area contributed by atoms with Crippen molar-refractivity contribution in [3.63, 3.8) is 0 Å². The van der Waals surface area contributed by atoms with Crippen molar-refractivity contribution in [3.05, 3.63) is 38.3 Å². The molecule has 0 fully saturated rings. The normalized spacial score (nSPS) is 10.9. The minimum absolute atomic E-state index is 0.0783. The highest BCUT2D eigenvalue weighted by Crippen LogP contribution is 2.23. The number of ketones is 1. The molecule has 1 aromatic carbocycles. The summed E-state index contributed by atoms with van der Waals surface area (Å²) in [6.45, 7) is 4.68. The van der Waals surface area contributed by atoms with E-state index < -0.39 is 22.4 Å². The van der Waals surface area contributed by atoms with Crippen LogP contribution in [-0.4, -0.2) is 28.9 Å². The van der Waals surface area contributed by atoms with Gasteiger partial charge in [-0.1, -0.05) is 15.9 Å². The lowest BCUT2D eigenvalue weighted by molar-refractivity contribution is -0.385. The highest BCUT2D eigenvalue weighted by atomic mass is 79.9. The van der Waals surface area contributed by atoms with Gasteiger partial charge in [0.05, 0.1) is 17.0 Å². The Morgan fingerprint density at radius 1 is 1.38 bits per heavy atom. The van der Waals surface area contributed by atoms with Gasteiger partial charge in [-0.25, -0.2) is 4.79 Å². The predicted octanol–water partition coefficient (Wildman–Crippen LogP) is 3.06. The van der Waals surface area contributed by atoms with Crippen LogP contribution >= 0.6 is 15.9 Å². The van der Waals surface area contributed by atoms with Crippen molar-refractivity contribution < 1.29 is 19.2 Å². The van der Waals surface area contributed by atoms with E-state index in [0.717, 1.165) is 0 Å². The maximum Gasteiger partial charge on any atom is 0.408 e. The Labute approximate surface area is 129 Å². The van der Waals surface area contributed by atoms with Crippen LogP contribution in [0, 0.1) is 10.1 Å². The van der Waals surface area contributed by atoms with Crippen LogP contribution in [0.4, 0.5) is 10.5 Å². The van der Waals surface area contributed by atoms with Crippen molar-refractivity contribution in [2.24, 2.45) is 0 Å². The monoisotopic (exact) mass is 358 g/mol. The van der Waals surface area contributed by atoms with Crippen molar-refractivity contribution in [2.45, 2.75) is 26.4 Å². The highest BCUT2D eigenvalue weighted by Gasteiger charge is 2.22. The molecule has 0 aliphatic heterocycles. The van der Waals surface area contributed by atoms with Gasteiger partial charge in [0, 0.05) is 10.5 Å². The van der Waals surface area contributed by atoms with Crippen molar-refractivity contribution >= 4 is 33.5 Å². The molecule has 0 aromatic heterocycles. The van der Waals surface area contributed by atoms with Crippen LogP contribution in [0.5, 0.6) is 0 Å². The first-order valence-electron chi connectivity index (χ1n) is 6.04. The molecule has 0 saturated carbocycles. The maximum absolute atomic E-state index is 12.0. The van der Waals surface area contributed by atoms with Crippen molar-refractivity contribution in [1.82, 2.24) is 5.32 Å². The fraction of sp³-hybridized carbons (Fsp3) is 0.385. The second kappa shape index (κ2) is 6.66. The lowest BCUT2D eigenvalue weighted by atomic mass is 10.1. The molecule has 0 spiro atoms.